The second-order valence-electron chi connectivity index (χ2n) is 4.71. The molecule has 1 aromatic carbocycles. The van der Waals surface area contributed by atoms with Crippen LogP contribution in [0.5, 0.6) is 0 Å². The molecule has 1 aromatic heterocycles. The van der Waals surface area contributed by atoms with E-state index in [9.17, 15) is 4.79 Å². The van der Waals surface area contributed by atoms with Crippen LogP contribution in [0.25, 0.3) is 5.69 Å². The fourth-order valence-electron chi connectivity index (χ4n) is 1.80. The molecule has 0 saturated heterocycles. The monoisotopic (exact) mass is 274 g/mol. The van der Waals surface area contributed by atoms with Gasteiger partial charge in [-0.15, -0.1) is 0 Å². The lowest BCUT2D eigenvalue weighted by Crippen LogP contribution is -2.28. The van der Waals surface area contributed by atoms with Crippen molar-refractivity contribution in [2.45, 2.75) is 13.3 Å². The van der Waals surface area contributed by atoms with Crippen molar-refractivity contribution in [1.29, 1.82) is 0 Å². The molecule has 1 amide bonds. The van der Waals surface area contributed by atoms with Crippen molar-refractivity contribution in [3.63, 3.8) is 0 Å². The Hall–Kier alpha value is -2.21. The van der Waals surface area contributed by atoms with Crippen molar-refractivity contribution in [2.75, 3.05) is 13.2 Å². The molecule has 0 aliphatic heterocycles. The minimum Gasteiger partial charge on any atom is -0.396 e. The van der Waals surface area contributed by atoms with Crippen LogP contribution in [-0.2, 0) is 0 Å². The maximum Gasteiger partial charge on any atom is 0.251 e. The van der Waals surface area contributed by atoms with E-state index in [0.717, 1.165) is 5.69 Å². The van der Waals surface area contributed by atoms with E-state index in [1.165, 1.54) is 6.33 Å². The third-order valence-corrected chi connectivity index (χ3v) is 3.05. The maximum atomic E-state index is 11.9. The van der Waals surface area contributed by atoms with E-state index in [-0.39, 0.29) is 18.4 Å². The number of carbonyl (C=O) groups excluding carboxylic acids is 1. The average molecular weight is 274 g/mol. The van der Waals surface area contributed by atoms with E-state index in [4.69, 9.17) is 5.11 Å². The number of nitrogens with zero attached hydrogens (tertiary/aromatic N) is 3. The molecule has 0 radical (unpaired) electrons. The number of hydrogen-bond donors (Lipinski definition) is 2. The summed E-state index contributed by atoms with van der Waals surface area (Å²) >= 11 is 0. The Morgan fingerprint density at radius 3 is 2.75 bits per heavy atom. The molecule has 2 rings (SSSR count). The molecule has 0 fully saturated rings. The molecule has 1 unspecified atom stereocenters. The van der Waals surface area contributed by atoms with Crippen molar-refractivity contribution >= 4 is 5.91 Å². The lowest BCUT2D eigenvalue weighted by Gasteiger charge is -2.11. The normalized spacial score (nSPS) is 12.1. The van der Waals surface area contributed by atoms with Crippen molar-refractivity contribution in [2.24, 2.45) is 5.92 Å². The van der Waals surface area contributed by atoms with Gasteiger partial charge < -0.3 is 10.4 Å². The van der Waals surface area contributed by atoms with E-state index < -0.39 is 0 Å². The van der Waals surface area contributed by atoms with E-state index in [1.54, 1.807) is 23.1 Å². The van der Waals surface area contributed by atoms with Gasteiger partial charge in [-0.05, 0) is 36.6 Å². The number of aliphatic hydroxyl groups is 1. The predicted molar refractivity (Wildman–Crippen MR) is 74.6 cm³/mol. The van der Waals surface area contributed by atoms with Gasteiger partial charge in [0, 0.05) is 18.7 Å². The minimum atomic E-state index is -0.111. The molecule has 0 aliphatic rings. The molecular weight excluding hydrogens is 256 g/mol. The molecule has 1 heterocycles. The second kappa shape index (κ2) is 6.81. The Labute approximate surface area is 117 Å². The molecule has 106 valence electrons. The van der Waals surface area contributed by atoms with E-state index in [2.05, 4.69) is 15.4 Å². The number of carbonyl (C=O) groups is 1. The summed E-state index contributed by atoms with van der Waals surface area (Å²) in [6.07, 6.45) is 3.75. The molecule has 0 saturated carbocycles. The number of amides is 1. The highest BCUT2D eigenvalue weighted by atomic mass is 16.3. The Balaban J connectivity index is 1.94. The number of aliphatic hydroxyl groups excluding tert-OH is 1. The molecule has 20 heavy (non-hydrogen) atoms. The summed E-state index contributed by atoms with van der Waals surface area (Å²) in [6.45, 7) is 2.69. The summed E-state index contributed by atoms with van der Waals surface area (Å²) in [6, 6.07) is 7.15. The highest BCUT2D eigenvalue weighted by molar-refractivity contribution is 5.94. The zero-order valence-corrected chi connectivity index (χ0v) is 11.4. The highest BCUT2D eigenvalue weighted by Gasteiger charge is 2.08. The van der Waals surface area contributed by atoms with E-state index in [1.807, 2.05) is 19.1 Å². The molecule has 2 aromatic rings. The summed E-state index contributed by atoms with van der Waals surface area (Å²) in [5, 5.41) is 15.7. The fourth-order valence-corrected chi connectivity index (χ4v) is 1.80. The summed E-state index contributed by atoms with van der Waals surface area (Å²) in [5.41, 5.74) is 1.46. The summed E-state index contributed by atoms with van der Waals surface area (Å²) in [4.78, 5) is 15.8. The third kappa shape index (κ3) is 3.64. The van der Waals surface area contributed by atoms with Crippen molar-refractivity contribution in [1.82, 2.24) is 20.1 Å². The molecule has 0 bridgehead atoms. The van der Waals surface area contributed by atoms with Gasteiger partial charge in [-0.3, -0.25) is 4.79 Å². The summed E-state index contributed by atoms with van der Waals surface area (Å²) < 4.78 is 1.63. The zero-order valence-electron chi connectivity index (χ0n) is 11.4. The summed E-state index contributed by atoms with van der Waals surface area (Å²) in [5.74, 6) is 0.151. The van der Waals surface area contributed by atoms with Crippen LogP contribution in [0, 0.1) is 5.92 Å². The first-order chi connectivity index (χ1) is 9.70. The van der Waals surface area contributed by atoms with Gasteiger partial charge in [0.15, 0.2) is 0 Å². The molecule has 6 heteroatoms. The van der Waals surface area contributed by atoms with Crippen LogP contribution in [0.4, 0.5) is 0 Å². The lowest BCUT2D eigenvalue weighted by molar-refractivity contribution is 0.0945. The van der Waals surface area contributed by atoms with Gasteiger partial charge in [0.25, 0.3) is 5.91 Å². The van der Waals surface area contributed by atoms with Gasteiger partial charge in [-0.2, -0.15) is 5.10 Å². The molecule has 0 spiro atoms. The van der Waals surface area contributed by atoms with Crippen LogP contribution < -0.4 is 5.32 Å². The molecule has 6 nitrogen and oxygen atoms in total. The highest BCUT2D eigenvalue weighted by Crippen LogP contribution is 2.08. The smallest absolute Gasteiger partial charge is 0.251 e. The standard InChI is InChI=1S/C14H18N4O2/c1-11(6-7-19)8-16-14(20)12-2-4-13(5-3-12)18-10-15-9-17-18/h2-5,9-11,19H,6-8H2,1H3,(H,16,20). The van der Waals surface area contributed by atoms with Gasteiger partial charge in [-0.1, -0.05) is 6.92 Å². The van der Waals surface area contributed by atoms with E-state index in [0.29, 0.717) is 18.5 Å². The van der Waals surface area contributed by atoms with Crippen LogP contribution in [0.2, 0.25) is 0 Å². The quantitative estimate of drug-likeness (QED) is 0.824. The first-order valence-electron chi connectivity index (χ1n) is 6.55. The van der Waals surface area contributed by atoms with Crippen LogP contribution in [-0.4, -0.2) is 38.9 Å². The van der Waals surface area contributed by atoms with Crippen molar-refractivity contribution in [3.8, 4) is 5.69 Å². The molecule has 1 atom stereocenters. The predicted octanol–water partition coefficient (Wildman–Crippen LogP) is 1.02. The number of hydrogen-bond acceptors (Lipinski definition) is 4. The topological polar surface area (TPSA) is 80.0 Å². The number of aromatic nitrogens is 3. The lowest BCUT2D eigenvalue weighted by atomic mass is 10.1. The minimum absolute atomic E-state index is 0.111. The van der Waals surface area contributed by atoms with Gasteiger partial charge in [0.2, 0.25) is 0 Å². The maximum absolute atomic E-state index is 11.9. The molecule has 2 N–H and O–H groups in total. The SMILES string of the molecule is CC(CCO)CNC(=O)c1ccc(-n2cncn2)cc1. The number of rotatable bonds is 6. The Bertz CT molecular complexity index is 537. The number of nitrogens with one attached hydrogen (secondary N) is 1. The fraction of sp³-hybridized carbons (Fsp3) is 0.357. The van der Waals surface area contributed by atoms with Crippen LogP contribution in [0.3, 0.4) is 0 Å². The van der Waals surface area contributed by atoms with Crippen molar-refractivity contribution in [3.05, 3.63) is 42.5 Å². The zero-order chi connectivity index (χ0) is 14.4. The average Bonchev–Trinajstić information content (AvgIpc) is 2.99. The van der Waals surface area contributed by atoms with Gasteiger partial charge in [0.1, 0.15) is 12.7 Å². The van der Waals surface area contributed by atoms with Crippen LogP contribution in [0.1, 0.15) is 23.7 Å². The second-order valence-corrected chi connectivity index (χ2v) is 4.71. The molecular formula is C14H18N4O2. The Kier molecular flexibility index (Phi) is 4.84. The first kappa shape index (κ1) is 14.2. The van der Waals surface area contributed by atoms with Gasteiger partial charge in [0.05, 0.1) is 5.69 Å². The third-order valence-electron chi connectivity index (χ3n) is 3.05. The van der Waals surface area contributed by atoms with Gasteiger partial charge in [-0.25, -0.2) is 9.67 Å². The number of benzene rings is 1. The molecule has 0 aliphatic carbocycles. The Morgan fingerprint density at radius 2 is 2.15 bits per heavy atom. The van der Waals surface area contributed by atoms with E-state index >= 15 is 0 Å². The van der Waals surface area contributed by atoms with Crippen LogP contribution in [0.15, 0.2) is 36.9 Å². The van der Waals surface area contributed by atoms with Crippen molar-refractivity contribution < 1.29 is 9.90 Å². The van der Waals surface area contributed by atoms with Crippen LogP contribution >= 0.6 is 0 Å². The summed E-state index contributed by atoms with van der Waals surface area (Å²) in [7, 11) is 0. The largest absolute Gasteiger partial charge is 0.396 e. The first-order valence-corrected chi connectivity index (χ1v) is 6.55. The van der Waals surface area contributed by atoms with Gasteiger partial charge >= 0.3 is 0 Å². The Morgan fingerprint density at radius 1 is 1.40 bits per heavy atom.